The second-order valence-corrected chi connectivity index (χ2v) is 6.89. The Morgan fingerprint density at radius 2 is 1.71 bits per heavy atom. The fourth-order valence-electron chi connectivity index (χ4n) is 2.58. The molecular weight excluding hydrogens is 226 g/mol. The zero-order chi connectivity index (χ0) is 12.3. The summed E-state index contributed by atoms with van der Waals surface area (Å²) < 4.78 is 0. The zero-order valence-corrected chi connectivity index (χ0v) is 12.4. The Balaban J connectivity index is 1.85. The van der Waals surface area contributed by atoms with Crippen LogP contribution in [0.5, 0.6) is 0 Å². The highest BCUT2D eigenvalue weighted by Gasteiger charge is 2.16. The summed E-state index contributed by atoms with van der Waals surface area (Å²) in [5.74, 6) is 1.19. The highest BCUT2D eigenvalue weighted by atomic mass is 32.2. The quantitative estimate of drug-likeness (QED) is 0.572. The molecule has 1 rings (SSSR count). The third-order valence-corrected chi connectivity index (χ3v) is 5.34. The summed E-state index contributed by atoms with van der Waals surface area (Å²) in [7, 11) is 0. The van der Waals surface area contributed by atoms with Gasteiger partial charge in [0, 0.05) is 17.0 Å². The number of hydrogen-bond acceptors (Lipinski definition) is 2. The van der Waals surface area contributed by atoms with Crippen LogP contribution >= 0.6 is 11.8 Å². The Bertz CT molecular complexity index is 166. The summed E-state index contributed by atoms with van der Waals surface area (Å²) in [6.07, 6.45) is 15.3. The summed E-state index contributed by atoms with van der Waals surface area (Å²) in [5.41, 5.74) is 6.17. The van der Waals surface area contributed by atoms with Crippen LogP contribution in [-0.4, -0.2) is 17.0 Å². The van der Waals surface area contributed by atoms with Gasteiger partial charge >= 0.3 is 0 Å². The van der Waals surface area contributed by atoms with Crippen molar-refractivity contribution in [1.82, 2.24) is 0 Å². The summed E-state index contributed by atoms with van der Waals surface area (Å²) in [6.45, 7) is 2.27. The van der Waals surface area contributed by atoms with Crippen LogP contribution in [0.4, 0.5) is 0 Å². The molecule has 1 aliphatic rings. The highest BCUT2D eigenvalue weighted by Crippen LogP contribution is 2.29. The van der Waals surface area contributed by atoms with Crippen LogP contribution in [-0.2, 0) is 0 Å². The van der Waals surface area contributed by atoms with Crippen LogP contribution in [0, 0.1) is 0 Å². The molecule has 102 valence electrons. The van der Waals surface area contributed by atoms with Crippen LogP contribution in [0.15, 0.2) is 0 Å². The minimum Gasteiger partial charge on any atom is -0.327 e. The maximum absolute atomic E-state index is 6.17. The van der Waals surface area contributed by atoms with Gasteiger partial charge < -0.3 is 5.73 Å². The first-order valence-corrected chi connectivity index (χ1v) is 8.75. The van der Waals surface area contributed by atoms with Gasteiger partial charge in [-0.15, -0.1) is 0 Å². The van der Waals surface area contributed by atoms with Gasteiger partial charge in [-0.05, 0) is 19.3 Å². The zero-order valence-electron chi connectivity index (χ0n) is 11.6. The summed E-state index contributed by atoms with van der Waals surface area (Å²) >= 11 is 2.14. The molecular formula is C15H31NS. The first-order valence-electron chi connectivity index (χ1n) is 7.70. The highest BCUT2D eigenvalue weighted by molar-refractivity contribution is 7.99. The third-order valence-electron chi connectivity index (χ3n) is 3.78. The molecule has 1 nitrogen and oxygen atoms in total. The first kappa shape index (κ1) is 15.4. The second-order valence-electron chi connectivity index (χ2n) is 5.56. The van der Waals surface area contributed by atoms with Gasteiger partial charge in [-0.25, -0.2) is 0 Å². The van der Waals surface area contributed by atoms with Crippen LogP contribution < -0.4 is 5.73 Å². The molecule has 17 heavy (non-hydrogen) atoms. The van der Waals surface area contributed by atoms with E-state index in [4.69, 9.17) is 5.73 Å². The van der Waals surface area contributed by atoms with Gasteiger partial charge in [-0.1, -0.05) is 58.3 Å². The lowest BCUT2D eigenvalue weighted by Crippen LogP contribution is -2.23. The fraction of sp³-hybridized carbons (Fsp3) is 1.00. The lowest BCUT2D eigenvalue weighted by molar-refractivity contribution is 0.556. The van der Waals surface area contributed by atoms with Crippen molar-refractivity contribution in [2.75, 3.05) is 5.75 Å². The standard InChI is InChI=1S/C15H31NS/c1-2-3-4-5-6-7-10-14(16)13-17-15-11-8-9-12-15/h14-15H,2-13,16H2,1H3. The van der Waals surface area contributed by atoms with Crippen LogP contribution in [0.25, 0.3) is 0 Å². The average Bonchev–Trinajstić information content (AvgIpc) is 2.84. The molecule has 0 bridgehead atoms. The van der Waals surface area contributed by atoms with Crippen molar-refractivity contribution in [2.24, 2.45) is 5.73 Å². The van der Waals surface area contributed by atoms with Gasteiger partial charge in [0.1, 0.15) is 0 Å². The number of thioether (sulfide) groups is 1. The van der Waals surface area contributed by atoms with Gasteiger partial charge in [-0.3, -0.25) is 0 Å². The van der Waals surface area contributed by atoms with Crippen molar-refractivity contribution >= 4 is 11.8 Å². The molecule has 1 saturated carbocycles. The van der Waals surface area contributed by atoms with Gasteiger partial charge in [0.05, 0.1) is 0 Å². The summed E-state index contributed by atoms with van der Waals surface area (Å²) in [4.78, 5) is 0. The molecule has 0 heterocycles. The predicted molar refractivity (Wildman–Crippen MR) is 80.7 cm³/mol. The van der Waals surface area contributed by atoms with E-state index in [9.17, 15) is 0 Å². The maximum Gasteiger partial charge on any atom is 0.0130 e. The van der Waals surface area contributed by atoms with Gasteiger partial charge in [0.2, 0.25) is 0 Å². The van der Waals surface area contributed by atoms with E-state index in [1.165, 1.54) is 76.4 Å². The molecule has 0 aromatic carbocycles. The number of rotatable bonds is 10. The van der Waals surface area contributed by atoms with Gasteiger partial charge in [-0.2, -0.15) is 11.8 Å². The Hall–Kier alpha value is 0.310. The van der Waals surface area contributed by atoms with Gasteiger partial charge in [0.15, 0.2) is 0 Å². The minimum absolute atomic E-state index is 0.451. The molecule has 0 aliphatic heterocycles. The molecule has 0 saturated heterocycles. The summed E-state index contributed by atoms with van der Waals surface area (Å²) in [6, 6.07) is 0.451. The Labute approximate surface area is 112 Å². The number of nitrogens with two attached hydrogens (primary N) is 1. The summed E-state index contributed by atoms with van der Waals surface area (Å²) in [5, 5.41) is 0.936. The van der Waals surface area contributed by atoms with E-state index >= 15 is 0 Å². The molecule has 2 N–H and O–H groups in total. The molecule has 0 amide bonds. The lowest BCUT2D eigenvalue weighted by atomic mass is 10.1. The van der Waals surface area contributed by atoms with Crippen molar-refractivity contribution in [3.63, 3.8) is 0 Å². The molecule has 2 heteroatoms. The monoisotopic (exact) mass is 257 g/mol. The largest absolute Gasteiger partial charge is 0.327 e. The Kier molecular flexibility index (Phi) is 9.27. The molecule has 0 aromatic heterocycles. The van der Waals surface area contributed by atoms with E-state index in [1.54, 1.807) is 0 Å². The molecule has 0 aromatic rings. The van der Waals surface area contributed by atoms with E-state index in [2.05, 4.69) is 18.7 Å². The predicted octanol–water partition coefficient (Wildman–Crippen LogP) is 4.74. The smallest absolute Gasteiger partial charge is 0.0130 e. The fourth-order valence-corrected chi connectivity index (χ4v) is 3.94. The minimum atomic E-state index is 0.451. The van der Waals surface area contributed by atoms with Crippen molar-refractivity contribution in [2.45, 2.75) is 88.8 Å². The van der Waals surface area contributed by atoms with Crippen molar-refractivity contribution < 1.29 is 0 Å². The van der Waals surface area contributed by atoms with Crippen LogP contribution in [0.1, 0.15) is 77.6 Å². The molecule has 1 fully saturated rings. The van der Waals surface area contributed by atoms with Crippen molar-refractivity contribution in [1.29, 1.82) is 0 Å². The Morgan fingerprint density at radius 1 is 1.06 bits per heavy atom. The molecule has 0 spiro atoms. The van der Waals surface area contributed by atoms with Crippen LogP contribution in [0.3, 0.4) is 0 Å². The van der Waals surface area contributed by atoms with Crippen LogP contribution in [0.2, 0.25) is 0 Å². The molecule has 1 atom stereocenters. The third kappa shape index (κ3) is 8.10. The van der Waals surface area contributed by atoms with E-state index in [1.807, 2.05) is 0 Å². The van der Waals surface area contributed by atoms with E-state index in [0.717, 1.165) is 5.25 Å². The van der Waals surface area contributed by atoms with Gasteiger partial charge in [0.25, 0.3) is 0 Å². The SMILES string of the molecule is CCCCCCCCC(N)CSC1CCCC1. The average molecular weight is 257 g/mol. The maximum atomic E-state index is 6.17. The lowest BCUT2D eigenvalue weighted by Gasteiger charge is -2.14. The number of hydrogen-bond donors (Lipinski definition) is 1. The first-order chi connectivity index (χ1) is 8.33. The second kappa shape index (κ2) is 10.3. The van der Waals surface area contributed by atoms with E-state index < -0.39 is 0 Å². The van der Waals surface area contributed by atoms with E-state index in [-0.39, 0.29) is 0 Å². The van der Waals surface area contributed by atoms with Crippen molar-refractivity contribution in [3.05, 3.63) is 0 Å². The normalized spacial score (nSPS) is 18.7. The molecule has 1 unspecified atom stereocenters. The topological polar surface area (TPSA) is 26.0 Å². The molecule has 0 radical (unpaired) electrons. The van der Waals surface area contributed by atoms with Crippen molar-refractivity contribution in [3.8, 4) is 0 Å². The Morgan fingerprint density at radius 3 is 2.41 bits per heavy atom. The number of unbranched alkanes of at least 4 members (excludes halogenated alkanes) is 5. The molecule has 1 aliphatic carbocycles. The van der Waals surface area contributed by atoms with E-state index in [0.29, 0.717) is 6.04 Å².